The highest BCUT2D eigenvalue weighted by Gasteiger charge is 2.18. The van der Waals surface area contributed by atoms with Gasteiger partial charge in [0.25, 0.3) is 0 Å². The van der Waals surface area contributed by atoms with Gasteiger partial charge in [-0.2, -0.15) is 0 Å². The molecule has 0 unspecified atom stereocenters. The van der Waals surface area contributed by atoms with Gasteiger partial charge in [-0.25, -0.2) is 0 Å². The number of thioether (sulfide) groups is 1. The van der Waals surface area contributed by atoms with E-state index in [1.807, 2.05) is 13.8 Å². The van der Waals surface area contributed by atoms with E-state index in [1.165, 1.54) is 7.11 Å². The monoisotopic (exact) mass is 244 g/mol. The number of aromatic nitrogens is 2. The maximum absolute atomic E-state index is 11.2. The molecule has 0 aliphatic rings. The lowest BCUT2D eigenvalue weighted by molar-refractivity contribution is -0.143. The number of methoxy groups -OCH3 is 1. The molecule has 0 saturated carbocycles. The van der Waals surface area contributed by atoms with Crippen LogP contribution in [0.25, 0.3) is 0 Å². The molecule has 2 atom stereocenters. The molecular formula is C10H16N2O3S. The van der Waals surface area contributed by atoms with Crippen molar-refractivity contribution in [1.29, 1.82) is 0 Å². The third-order valence-corrected chi connectivity index (χ3v) is 3.48. The second-order valence-electron chi connectivity index (χ2n) is 3.56. The summed E-state index contributed by atoms with van der Waals surface area (Å²) >= 11 is 1.60. The van der Waals surface area contributed by atoms with E-state index in [4.69, 9.17) is 4.42 Å². The van der Waals surface area contributed by atoms with Crippen LogP contribution in [0.4, 0.5) is 0 Å². The maximum Gasteiger partial charge on any atom is 0.309 e. The molecule has 0 bridgehead atoms. The minimum absolute atomic E-state index is 0.0910. The van der Waals surface area contributed by atoms with E-state index in [2.05, 4.69) is 14.9 Å². The number of hydrogen-bond donors (Lipinski definition) is 0. The Kier molecular flexibility index (Phi) is 4.79. The summed E-state index contributed by atoms with van der Waals surface area (Å²) < 4.78 is 9.96. The zero-order valence-corrected chi connectivity index (χ0v) is 10.7. The van der Waals surface area contributed by atoms with Crippen molar-refractivity contribution in [2.45, 2.75) is 26.0 Å². The van der Waals surface area contributed by atoms with E-state index < -0.39 is 0 Å². The fourth-order valence-corrected chi connectivity index (χ4v) is 2.06. The molecule has 6 heteroatoms. The minimum Gasteiger partial charge on any atom is -0.469 e. The Hall–Kier alpha value is -1.04. The van der Waals surface area contributed by atoms with Gasteiger partial charge in [-0.05, 0) is 6.92 Å². The Morgan fingerprint density at radius 1 is 1.50 bits per heavy atom. The Bertz CT molecular complexity index is 354. The molecule has 16 heavy (non-hydrogen) atoms. The van der Waals surface area contributed by atoms with E-state index in [-0.39, 0.29) is 17.1 Å². The first-order valence-electron chi connectivity index (χ1n) is 5.04. The van der Waals surface area contributed by atoms with Crippen LogP contribution < -0.4 is 0 Å². The number of nitrogens with zero attached hydrogens (tertiary/aromatic N) is 2. The van der Waals surface area contributed by atoms with Crippen LogP contribution in [-0.2, 0) is 9.53 Å². The van der Waals surface area contributed by atoms with Crippen molar-refractivity contribution in [3.8, 4) is 0 Å². The maximum atomic E-state index is 11.2. The summed E-state index contributed by atoms with van der Waals surface area (Å²) in [6.07, 6.45) is 0. The lowest BCUT2D eigenvalue weighted by Crippen LogP contribution is -2.15. The van der Waals surface area contributed by atoms with E-state index >= 15 is 0 Å². The molecule has 0 saturated heterocycles. The van der Waals surface area contributed by atoms with Crippen LogP contribution >= 0.6 is 11.8 Å². The summed E-state index contributed by atoms with van der Waals surface area (Å²) in [5, 5.41) is 7.79. The predicted molar refractivity (Wildman–Crippen MR) is 61.1 cm³/mol. The quantitative estimate of drug-likeness (QED) is 0.738. The van der Waals surface area contributed by atoms with Crippen LogP contribution in [0.3, 0.4) is 0 Å². The first kappa shape index (κ1) is 13.0. The van der Waals surface area contributed by atoms with Gasteiger partial charge in [0.2, 0.25) is 11.8 Å². The largest absolute Gasteiger partial charge is 0.469 e. The highest BCUT2D eigenvalue weighted by Crippen LogP contribution is 2.28. The average molecular weight is 244 g/mol. The summed E-state index contributed by atoms with van der Waals surface area (Å²) in [5.41, 5.74) is 0. The number of aryl methyl sites for hydroxylation is 1. The van der Waals surface area contributed by atoms with Gasteiger partial charge in [0, 0.05) is 12.7 Å². The smallest absolute Gasteiger partial charge is 0.309 e. The Morgan fingerprint density at radius 3 is 2.69 bits per heavy atom. The summed E-state index contributed by atoms with van der Waals surface area (Å²) in [7, 11) is 1.40. The molecule has 1 heterocycles. The molecule has 0 aromatic carbocycles. The zero-order valence-electron chi connectivity index (χ0n) is 9.89. The van der Waals surface area contributed by atoms with Crippen LogP contribution in [-0.4, -0.2) is 29.0 Å². The Balaban J connectivity index is 2.41. The van der Waals surface area contributed by atoms with Crippen molar-refractivity contribution < 1.29 is 13.9 Å². The third kappa shape index (κ3) is 3.52. The number of rotatable bonds is 5. The first-order chi connectivity index (χ1) is 7.54. The molecule has 0 radical (unpaired) electrons. The molecule has 1 aromatic heterocycles. The van der Waals surface area contributed by atoms with Crippen molar-refractivity contribution in [2.75, 3.05) is 12.9 Å². The molecule has 0 amide bonds. The molecule has 0 N–H and O–H groups in total. The highest BCUT2D eigenvalue weighted by atomic mass is 32.2. The number of carbonyl (C=O) groups is 1. The van der Waals surface area contributed by atoms with Gasteiger partial charge in [0.15, 0.2) is 0 Å². The zero-order chi connectivity index (χ0) is 12.1. The standard InChI is InChI=1S/C10H16N2O3S/c1-6(10(13)14-4)5-16-7(2)9-12-11-8(3)15-9/h6-7H,5H2,1-4H3/t6-,7-/m1/s1. The van der Waals surface area contributed by atoms with Gasteiger partial charge < -0.3 is 9.15 Å². The molecule has 1 aromatic rings. The minimum atomic E-state index is -0.193. The van der Waals surface area contributed by atoms with Gasteiger partial charge in [-0.3, -0.25) is 4.79 Å². The number of hydrogen-bond acceptors (Lipinski definition) is 6. The third-order valence-electron chi connectivity index (χ3n) is 2.09. The summed E-state index contributed by atoms with van der Waals surface area (Å²) in [6.45, 7) is 5.57. The van der Waals surface area contributed by atoms with E-state index in [0.29, 0.717) is 17.5 Å². The summed E-state index contributed by atoms with van der Waals surface area (Å²) in [6, 6.07) is 0. The van der Waals surface area contributed by atoms with Gasteiger partial charge in [-0.15, -0.1) is 22.0 Å². The van der Waals surface area contributed by atoms with Crippen molar-refractivity contribution in [2.24, 2.45) is 5.92 Å². The van der Waals surface area contributed by atoms with Gasteiger partial charge in [0.05, 0.1) is 18.3 Å². The SMILES string of the molecule is COC(=O)[C@H](C)CS[C@H](C)c1nnc(C)o1. The van der Waals surface area contributed by atoms with Gasteiger partial charge >= 0.3 is 5.97 Å². The van der Waals surface area contributed by atoms with Crippen LogP contribution in [0, 0.1) is 12.8 Å². The molecule has 5 nitrogen and oxygen atoms in total. The van der Waals surface area contributed by atoms with Crippen LogP contribution in [0.1, 0.15) is 30.9 Å². The number of esters is 1. The predicted octanol–water partition coefficient (Wildman–Crippen LogP) is 1.98. The number of carbonyl (C=O) groups excluding carboxylic acids is 1. The first-order valence-corrected chi connectivity index (χ1v) is 6.09. The van der Waals surface area contributed by atoms with Gasteiger partial charge in [-0.1, -0.05) is 6.92 Å². The van der Waals surface area contributed by atoms with Crippen molar-refractivity contribution in [1.82, 2.24) is 10.2 Å². The number of ether oxygens (including phenoxy) is 1. The molecule has 0 aliphatic heterocycles. The molecule has 1 rings (SSSR count). The lowest BCUT2D eigenvalue weighted by atomic mass is 10.2. The normalized spacial score (nSPS) is 14.5. The lowest BCUT2D eigenvalue weighted by Gasteiger charge is -2.10. The molecular weight excluding hydrogens is 228 g/mol. The highest BCUT2D eigenvalue weighted by molar-refractivity contribution is 7.99. The average Bonchev–Trinajstić information content (AvgIpc) is 2.71. The van der Waals surface area contributed by atoms with E-state index in [0.717, 1.165) is 0 Å². The van der Waals surface area contributed by atoms with Crippen molar-refractivity contribution in [3.05, 3.63) is 11.8 Å². The topological polar surface area (TPSA) is 65.2 Å². The Labute approximate surface area is 99.0 Å². The van der Waals surface area contributed by atoms with Crippen molar-refractivity contribution >= 4 is 17.7 Å². The molecule has 0 spiro atoms. The summed E-state index contributed by atoms with van der Waals surface area (Å²) in [5.74, 6) is 1.51. The molecule has 0 fully saturated rings. The van der Waals surface area contributed by atoms with Crippen LogP contribution in [0.5, 0.6) is 0 Å². The molecule has 0 aliphatic carbocycles. The van der Waals surface area contributed by atoms with E-state index in [9.17, 15) is 4.79 Å². The Morgan fingerprint density at radius 2 is 2.19 bits per heavy atom. The van der Waals surface area contributed by atoms with Crippen LogP contribution in [0.2, 0.25) is 0 Å². The molecule has 90 valence electrons. The fraction of sp³-hybridized carbons (Fsp3) is 0.700. The van der Waals surface area contributed by atoms with E-state index in [1.54, 1.807) is 18.7 Å². The fourth-order valence-electron chi connectivity index (χ4n) is 1.11. The summed E-state index contributed by atoms with van der Waals surface area (Å²) in [4.78, 5) is 11.2. The van der Waals surface area contributed by atoms with Crippen molar-refractivity contribution in [3.63, 3.8) is 0 Å². The second kappa shape index (κ2) is 5.89. The van der Waals surface area contributed by atoms with Crippen LogP contribution in [0.15, 0.2) is 4.42 Å². The van der Waals surface area contributed by atoms with Gasteiger partial charge in [0.1, 0.15) is 0 Å². The second-order valence-corrected chi connectivity index (χ2v) is 4.93.